The zero-order valence-corrected chi connectivity index (χ0v) is 11.7. The molecule has 1 saturated heterocycles. The van der Waals surface area contributed by atoms with Crippen LogP contribution in [0.5, 0.6) is 0 Å². The van der Waals surface area contributed by atoms with Crippen molar-refractivity contribution in [2.45, 2.75) is 25.3 Å². The number of nitrogens with one attached hydrogen (secondary N) is 1. The molecule has 1 heterocycles. The molecular weight excluding hydrogens is 246 g/mol. The third kappa shape index (κ3) is 2.97. The van der Waals surface area contributed by atoms with E-state index in [1.807, 2.05) is 24.3 Å². The van der Waals surface area contributed by atoms with E-state index >= 15 is 0 Å². The van der Waals surface area contributed by atoms with Crippen molar-refractivity contribution in [2.24, 2.45) is 5.73 Å². The highest BCUT2D eigenvalue weighted by molar-refractivity contribution is 6.33. The minimum Gasteiger partial charge on any atom is -0.377 e. The summed E-state index contributed by atoms with van der Waals surface area (Å²) in [5.74, 6) is 0. The Morgan fingerprint density at radius 3 is 2.56 bits per heavy atom. The van der Waals surface area contributed by atoms with Gasteiger partial charge in [0.25, 0.3) is 0 Å². The molecular formula is C14H22ClN3. The number of hydrogen-bond donors (Lipinski definition) is 2. The monoisotopic (exact) mass is 267 g/mol. The van der Waals surface area contributed by atoms with Crippen LogP contribution < -0.4 is 11.1 Å². The summed E-state index contributed by atoms with van der Waals surface area (Å²) in [7, 11) is 0. The van der Waals surface area contributed by atoms with E-state index in [9.17, 15) is 0 Å². The highest BCUT2D eigenvalue weighted by atomic mass is 35.5. The molecule has 0 bridgehead atoms. The number of nitrogens with two attached hydrogens (primary N) is 1. The number of benzene rings is 1. The number of halogens is 1. The highest BCUT2D eigenvalue weighted by Crippen LogP contribution is 2.29. The number of hydrogen-bond acceptors (Lipinski definition) is 3. The first-order valence-corrected chi connectivity index (χ1v) is 7.02. The lowest BCUT2D eigenvalue weighted by molar-refractivity contribution is 0.184. The average Bonchev–Trinajstić information content (AvgIpc) is 2.42. The molecule has 0 aliphatic carbocycles. The van der Waals surface area contributed by atoms with Gasteiger partial charge in [0.05, 0.1) is 16.2 Å². The lowest BCUT2D eigenvalue weighted by Crippen LogP contribution is -2.53. The summed E-state index contributed by atoms with van der Waals surface area (Å²) in [6, 6.07) is 7.88. The van der Waals surface area contributed by atoms with Crippen LogP contribution >= 0.6 is 11.6 Å². The number of anilines is 1. The third-order valence-corrected chi connectivity index (χ3v) is 4.25. The van der Waals surface area contributed by atoms with Gasteiger partial charge in [0.15, 0.2) is 0 Å². The predicted molar refractivity (Wildman–Crippen MR) is 78.2 cm³/mol. The fraction of sp³-hybridized carbons (Fsp3) is 0.571. The van der Waals surface area contributed by atoms with Crippen LogP contribution in [0.25, 0.3) is 0 Å². The maximum absolute atomic E-state index is 6.20. The van der Waals surface area contributed by atoms with Crippen LogP contribution in [-0.4, -0.2) is 36.6 Å². The van der Waals surface area contributed by atoms with Gasteiger partial charge in [-0.05, 0) is 31.5 Å². The molecule has 18 heavy (non-hydrogen) atoms. The molecule has 2 rings (SSSR count). The summed E-state index contributed by atoms with van der Waals surface area (Å²) in [5.41, 5.74) is 6.99. The fourth-order valence-electron chi connectivity index (χ4n) is 2.53. The van der Waals surface area contributed by atoms with Crippen molar-refractivity contribution in [3.05, 3.63) is 29.3 Å². The van der Waals surface area contributed by atoms with E-state index in [0.717, 1.165) is 43.2 Å². The van der Waals surface area contributed by atoms with Gasteiger partial charge in [-0.3, -0.25) is 0 Å². The van der Waals surface area contributed by atoms with Crippen LogP contribution in [0.15, 0.2) is 24.3 Å². The van der Waals surface area contributed by atoms with Crippen molar-refractivity contribution in [1.29, 1.82) is 0 Å². The molecule has 0 atom stereocenters. The summed E-state index contributed by atoms with van der Waals surface area (Å²) in [6.45, 7) is 6.18. The molecule has 3 nitrogen and oxygen atoms in total. The Kier molecular flexibility index (Phi) is 4.49. The maximum atomic E-state index is 6.20. The van der Waals surface area contributed by atoms with E-state index < -0.39 is 0 Å². The number of piperidine rings is 1. The first-order valence-electron chi connectivity index (χ1n) is 6.64. The first kappa shape index (κ1) is 13.7. The molecule has 1 fully saturated rings. The van der Waals surface area contributed by atoms with Crippen LogP contribution in [0, 0.1) is 0 Å². The van der Waals surface area contributed by atoms with Gasteiger partial charge in [0, 0.05) is 19.6 Å². The molecule has 4 heteroatoms. The van der Waals surface area contributed by atoms with Gasteiger partial charge >= 0.3 is 0 Å². The Labute approximate surface area is 114 Å². The second-order valence-electron chi connectivity index (χ2n) is 5.02. The van der Waals surface area contributed by atoms with Crippen molar-refractivity contribution in [3.8, 4) is 0 Å². The molecule has 1 aromatic rings. The van der Waals surface area contributed by atoms with Gasteiger partial charge < -0.3 is 16.0 Å². The minimum absolute atomic E-state index is 0.00331. The Morgan fingerprint density at radius 2 is 2.00 bits per heavy atom. The van der Waals surface area contributed by atoms with Crippen LogP contribution in [0.4, 0.5) is 5.69 Å². The van der Waals surface area contributed by atoms with Crippen molar-refractivity contribution in [1.82, 2.24) is 4.90 Å². The maximum Gasteiger partial charge on any atom is 0.0637 e. The molecule has 0 aromatic heterocycles. The van der Waals surface area contributed by atoms with E-state index in [4.69, 9.17) is 17.3 Å². The van der Waals surface area contributed by atoms with Gasteiger partial charge in [-0.25, -0.2) is 0 Å². The van der Waals surface area contributed by atoms with Gasteiger partial charge in [0.2, 0.25) is 0 Å². The molecule has 0 unspecified atom stereocenters. The SMILES string of the molecule is CCN1CCC(CN)(Nc2ccccc2Cl)CC1. The van der Waals surface area contributed by atoms with Gasteiger partial charge in [-0.1, -0.05) is 30.7 Å². The van der Waals surface area contributed by atoms with Gasteiger partial charge in [0.1, 0.15) is 0 Å². The largest absolute Gasteiger partial charge is 0.377 e. The summed E-state index contributed by atoms with van der Waals surface area (Å²) in [4.78, 5) is 2.46. The molecule has 0 saturated carbocycles. The standard InChI is InChI=1S/C14H22ClN3/c1-2-18-9-7-14(11-16,8-10-18)17-13-6-4-3-5-12(13)15/h3-6,17H,2,7-11,16H2,1H3. The Morgan fingerprint density at radius 1 is 1.33 bits per heavy atom. The lowest BCUT2D eigenvalue weighted by atomic mass is 9.87. The van der Waals surface area contributed by atoms with Gasteiger partial charge in [-0.15, -0.1) is 0 Å². The molecule has 3 N–H and O–H groups in total. The topological polar surface area (TPSA) is 41.3 Å². The van der Waals surface area contributed by atoms with Crippen LogP contribution in [0.2, 0.25) is 5.02 Å². The summed E-state index contributed by atoms with van der Waals surface area (Å²) in [5, 5.41) is 4.34. The fourth-order valence-corrected chi connectivity index (χ4v) is 2.71. The van der Waals surface area contributed by atoms with Crippen LogP contribution in [0.3, 0.4) is 0 Å². The molecule has 0 spiro atoms. The molecule has 100 valence electrons. The Bertz CT molecular complexity index is 386. The smallest absolute Gasteiger partial charge is 0.0637 e. The summed E-state index contributed by atoms with van der Waals surface area (Å²) in [6.07, 6.45) is 2.14. The minimum atomic E-state index is -0.00331. The predicted octanol–water partition coefficient (Wildman–Crippen LogP) is 2.57. The zero-order chi connectivity index (χ0) is 13.0. The zero-order valence-electron chi connectivity index (χ0n) is 11.0. The Balaban J connectivity index is 2.08. The molecule has 1 aliphatic heterocycles. The number of nitrogens with zero attached hydrogens (tertiary/aromatic N) is 1. The van der Waals surface area contributed by atoms with Crippen molar-refractivity contribution < 1.29 is 0 Å². The second kappa shape index (κ2) is 5.91. The number of rotatable bonds is 4. The first-order chi connectivity index (χ1) is 8.69. The van der Waals surface area contributed by atoms with E-state index in [2.05, 4.69) is 17.1 Å². The highest BCUT2D eigenvalue weighted by Gasteiger charge is 2.33. The van der Waals surface area contributed by atoms with Crippen LogP contribution in [-0.2, 0) is 0 Å². The summed E-state index contributed by atoms with van der Waals surface area (Å²) < 4.78 is 0. The summed E-state index contributed by atoms with van der Waals surface area (Å²) >= 11 is 6.20. The quantitative estimate of drug-likeness (QED) is 0.881. The van der Waals surface area contributed by atoms with E-state index in [-0.39, 0.29) is 5.54 Å². The Hall–Kier alpha value is -0.770. The molecule has 1 aliphatic rings. The second-order valence-corrected chi connectivity index (χ2v) is 5.43. The number of likely N-dealkylation sites (tertiary alicyclic amines) is 1. The van der Waals surface area contributed by atoms with E-state index in [1.165, 1.54) is 0 Å². The molecule has 1 aromatic carbocycles. The average molecular weight is 268 g/mol. The van der Waals surface area contributed by atoms with E-state index in [1.54, 1.807) is 0 Å². The van der Waals surface area contributed by atoms with Crippen molar-refractivity contribution in [2.75, 3.05) is 31.5 Å². The third-order valence-electron chi connectivity index (χ3n) is 3.92. The lowest BCUT2D eigenvalue weighted by Gasteiger charge is -2.42. The normalized spacial score (nSPS) is 19.7. The molecule has 0 radical (unpaired) electrons. The number of para-hydroxylation sites is 1. The van der Waals surface area contributed by atoms with Crippen LogP contribution in [0.1, 0.15) is 19.8 Å². The van der Waals surface area contributed by atoms with Crippen molar-refractivity contribution >= 4 is 17.3 Å². The van der Waals surface area contributed by atoms with Gasteiger partial charge in [-0.2, -0.15) is 0 Å². The molecule has 0 amide bonds. The van der Waals surface area contributed by atoms with E-state index in [0.29, 0.717) is 6.54 Å². The van der Waals surface area contributed by atoms with Crippen molar-refractivity contribution in [3.63, 3.8) is 0 Å².